The average Bonchev–Trinajstić information content (AvgIpc) is 1.82. The molecule has 0 unspecified atom stereocenters. The molecule has 10 heavy (non-hydrogen) atoms. The van der Waals surface area contributed by atoms with Crippen molar-refractivity contribution in [1.29, 1.82) is 0 Å². The number of nitrogens with zero attached hydrogens (tertiary/aromatic N) is 1. The molecule has 0 aliphatic rings. The van der Waals surface area contributed by atoms with Crippen molar-refractivity contribution in [2.45, 2.75) is 0 Å². The van der Waals surface area contributed by atoms with Crippen molar-refractivity contribution in [3.05, 3.63) is 18.8 Å². The Morgan fingerprint density at radius 1 is 1.50 bits per heavy atom. The maximum atomic E-state index is 5.61. The molecular formula is C5H3Br2IN2. The number of hydrogen-bond donors (Lipinski definition) is 1. The van der Waals surface area contributed by atoms with Crippen LogP contribution in [0.2, 0.25) is 0 Å². The number of hydrogen-bond acceptors (Lipinski definition) is 2. The largest absolute Gasteiger partial charge is 0.398 e. The Labute approximate surface area is 89.0 Å². The SMILES string of the molecule is Nc1cc(Br)nc(Br)c1I. The number of halogens is 3. The van der Waals surface area contributed by atoms with Crippen LogP contribution in [0, 0.1) is 3.57 Å². The van der Waals surface area contributed by atoms with Crippen LogP contribution in [-0.2, 0) is 0 Å². The molecule has 0 aliphatic carbocycles. The molecule has 2 N–H and O–H groups in total. The average molecular weight is 378 g/mol. The molecule has 0 atom stereocenters. The van der Waals surface area contributed by atoms with Crippen LogP contribution in [0.25, 0.3) is 0 Å². The van der Waals surface area contributed by atoms with Crippen LogP contribution in [-0.4, -0.2) is 4.98 Å². The lowest BCUT2D eigenvalue weighted by molar-refractivity contribution is 1.21. The van der Waals surface area contributed by atoms with Crippen LogP contribution >= 0.6 is 54.5 Å². The molecule has 54 valence electrons. The smallest absolute Gasteiger partial charge is 0.122 e. The predicted molar refractivity (Wildman–Crippen MR) is 56.8 cm³/mol. The number of nitrogens with two attached hydrogens (primary N) is 1. The molecule has 1 heterocycles. The summed E-state index contributed by atoms with van der Waals surface area (Å²) in [5, 5.41) is 0. The van der Waals surface area contributed by atoms with Gasteiger partial charge in [-0.1, -0.05) is 0 Å². The van der Waals surface area contributed by atoms with E-state index in [0.29, 0.717) is 0 Å². The Kier molecular flexibility index (Phi) is 2.93. The molecule has 2 nitrogen and oxygen atoms in total. The first-order valence-corrected chi connectivity index (χ1v) is 5.04. The lowest BCUT2D eigenvalue weighted by Gasteiger charge is -1.99. The first kappa shape index (κ1) is 8.73. The second-order valence-electron chi connectivity index (χ2n) is 1.64. The molecular weight excluding hydrogens is 375 g/mol. The summed E-state index contributed by atoms with van der Waals surface area (Å²) in [5.41, 5.74) is 6.34. The van der Waals surface area contributed by atoms with Gasteiger partial charge in [-0.15, -0.1) is 0 Å². The zero-order chi connectivity index (χ0) is 7.72. The van der Waals surface area contributed by atoms with Gasteiger partial charge in [0.1, 0.15) is 9.21 Å². The summed E-state index contributed by atoms with van der Waals surface area (Å²) in [5.74, 6) is 0. The van der Waals surface area contributed by atoms with E-state index >= 15 is 0 Å². The van der Waals surface area contributed by atoms with Crippen molar-refractivity contribution >= 4 is 60.1 Å². The molecule has 0 aromatic carbocycles. The lowest BCUT2D eigenvalue weighted by atomic mass is 10.4. The summed E-state index contributed by atoms with van der Waals surface area (Å²) in [4.78, 5) is 4.08. The maximum absolute atomic E-state index is 5.61. The second-order valence-corrected chi connectivity index (χ2v) is 4.28. The van der Waals surface area contributed by atoms with E-state index < -0.39 is 0 Å². The summed E-state index contributed by atoms with van der Waals surface area (Å²) < 4.78 is 2.47. The number of aromatic nitrogens is 1. The molecule has 0 radical (unpaired) electrons. The third-order valence-electron chi connectivity index (χ3n) is 0.914. The summed E-state index contributed by atoms with van der Waals surface area (Å²) >= 11 is 8.62. The van der Waals surface area contributed by atoms with Gasteiger partial charge >= 0.3 is 0 Å². The molecule has 0 spiro atoms. The van der Waals surface area contributed by atoms with Crippen LogP contribution in [0.1, 0.15) is 0 Å². The number of pyridine rings is 1. The molecule has 0 saturated heterocycles. The van der Waals surface area contributed by atoms with Gasteiger partial charge in [0.05, 0.1) is 9.26 Å². The van der Waals surface area contributed by atoms with E-state index in [9.17, 15) is 0 Å². The van der Waals surface area contributed by atoms with Gasteiger partial charge in [0.15, 0.2) is 0 Å². The lowest BCUT2D eigenvalue weighted by Crippen LogP contribution is -1.92. The molecule has 1 aromatic heterocycles. The zero-order valence-electron chi connectivity index (χ0n) is 4.74. The monoisotopic (exact) mass is 376 g/mol. The van der Waals surface area contributed by atoms with E-state index in [-0.39, 0.29) is 0 Å². The van der Waals surface area contributed by atoms with E-state index in [1.54, 1.807) is 6.07 Å². The minimum Gasteiger partial charge on any atom is -0.398 e. The van der Waals surface area contributed by atoms with E-state index in [0.717, 1.165) is 18.5 Å². The van der Waals surface area contributed by atoms with Crippen LogP contribution in [0.15, 0.2) is 15.3 Å². The molecule has 0 saturated carbocycles. The third kappa shape index (κ3) is 1.82. The van der Waals surface area contributed by atoms with Gasteiger partial charge in [-0.05, 0) is 60.5 Å². The normalized spacial score (nSPS) is 9.90. The molecule has 0 fully saturated rings. The van der Waals surface area contributed by atoms with Crippen molar-refractivity contribution in [2.75, 3.05) is 5.73 Å². The maximum Gasteiger partial charge on any atom is 0.122 e. The predicted octanol–water partition coefficient (Wildman–Crippen LogP) is 2.79. The van der Waals surface area contributed by atoms with Crippen LogP contribution in [0.3, 0.4) is 0 Å². The molecule has 1 aromatic rings. The highest BCUT2D eigenvalue weighted by molar-refractivity contribution is 14.1. The Morgan fingerprint density at radius 3 is 2.60 bits per heavy atom. The fourth-order valence-corrected chi connectivity index (χ4v) is 1.84. The summed E-state index contributed by atoms with van der Waals surface area (Å²) in [6.07, 6.45) is 0. The van der Waals surface area contributed by atoms with Gasteiger partial charge in [0.2, 0.25) is 0 Å². The highest BCUT2D eigenvalue weighted by Gasteiger charge is 2.02. The zero-order valence-corrected chi connectivity index (χ0v) is 10.1. The third-order valence-corrected chi connectivity index (χ3v) is 3.77. The first-order valence-electron chi connectivity index (χ1n) is 2.38. The summed E-state index contributed by atoms with van der Waals surface area (Å²) in [6.45, 7) is 0. The van der Waals surface area contributed by atoms with Crippen LogP contribution in [0.5, 0.6) is 0 Å². The molecule has 0 bridgehead atoms. The summed E-state index contributed by atoms with van der Waals surface area (Å²) in [6, 6.07) is 1.77. The van der Waals surface area contributed by atoms with Crippen molar-refractivity contribution < 1.29 is 0 Å². The van der Waals surface area contributed by atoms with Crippen LogP contribution < -0.4 is 5.73 Å². The fourth-order valence-electron chi connectivity index (χ4n) is 0.486. The number of nitrogen functional groups attached to an aromatic ring is 1. The van der Waals surface area contributed by atoms with Crippen molar-refractivity contribution in [3.63, 3.8) is 0 Å². The highest BCUT2D eigenvalue weighted by atomic mass is 127. The fraction of sp³-hybridized carbons (Fsp3) is 0. The van der Waals surface area contributed by atoms with E-state index in [4.69, 9.17) is 5.73 Å². The van der Waals surface area contributed by atoms with Crippen LogP contribution in [0.4, 0.5) is 5.69 Å². The number of anilines is 1. The minimum absolute atomic E-state index is 0.731. The van der Waals surface area contributed by atoms with E-state index in [1.165, 1.54) is 0 Å². The second kappa shape index (κ2) is 3.36. The highest BCUT2D eigenvalue weighted by Crippen LogP contribution is 2.25. The van der Waals surface area contributed by atoms with Gasteiger partial charge in [0, 0.05) is 0 Å². The molecule has 1 rings (SSSR count). The van der Waals surface area contributed by atoms with Gasteiger partial charge in [-0.25, -0.2) is 4.98 Å². The topological polar surface area (TPSA) is 38.9 Å². The van der Waals surface area contributed by atoms with Gasteiger partial charge in [-0.3, -0.25) is 0 Å². The van der Waals surface area contributed by atoms with Gasteiger partial charge in [-0.2, -0.15) is 0 Å². The summed E-state index contributed by atoms with van der Waals surface area (Å²) in [7, 11) is 0. The number of rotatable bonds is 0. The first-order chi connectivity index (χ1) is 4.61. The molecule has 0 aliphatic heterocycles. The molecule has 5 heteroatoms. The van der Waals surface area contributed by atoms with Gasteiger partial charge < -0.3 is 5.73 Å². The minimum atomic E-state index is 0.731. The van der Waals surface area contributed by atoms with E-state index in [2.05, 4.69) is 59.4 Å². The standard InChI is InChI=1S/C5H3Br2IN2/c6-3-1-2(9)4(8)5(7)10-3/h1H,(H2,9,10). The Morgan fingerprint density at radius 2 is 2.10 bits per heavy atom. The Balaban J connectivity index is 3.31. The Bertz CT molecular complexity index is 241. The molecule has 0 amide bonds. The quantitative estimate of drug-likeness (QED) is 0.558. The van der Waals surface area contributed by atoms with Crippen molar-refractivity contribution in [3.8, 4) is 0 Å². The van der Waals surface area contributed by atoms with Crippen molar-refractivity contribution in [2.24, 2.45) is 0 Å². The van der Waals surface area contributed by atoms with Gasteiger partial charge in [0.25, 0.3) is 0 Å². The Hall–Kier alpha value is 0.640. The van der Waals surface area contributed by atoms with Crippen molar-refractivity contribution in [1.82, 2.24) is 4.98 Å². The van der Waals surface area contributed by atoms with E-state index in [1.807, 2.05) is 0 Å².